The molecule has 57 heavy (non-hydrogen) atoms. The van der Waals surface area contributed by atoms with Gasteiger partial charge in [-0.2, -0.15) is 5.26 Å². The van der Waals surface area contributed by atoms with E-state index in [0.717, 1.165) is 44.1 Å². The van der Waals surface area contributed by atoms with E-state index in [2.05, 4.69) is 33.2 Å². The maximum atomic E-state index is 14.4. The van der Waals surface area contributed by atoms with Crippen LogP contribution in [0.1, 0.15) is 110 Å². The average molecular weight is 798 g/mol. The number of aliphatic imine (C=N–C) groups is 1. The van der Waals surface area contributed by atoms with Crippen molar-refractivity contribution in [1.82, 2.24) is 26.2 Å². The number of nitrogens with one attached hydrogen (secondary N) is 4. The first-order valence-electron chi connectivity index (χ1n) is 21.3. The van der Waals surface area contributed by atoms with E-state index in [9.17, 15) is 19.5 Å². The summed E-state index contributed by atoms with van der Waals surface area (Å²) < 4.78 is 17.5. The Morgan fingerprint density at radius 3 is 2.32 bits per heavy atom. The van der Waals surface area contributed by atoms with Gasteiger partial charge in [-0.15, -0.1) is 0 Å². The highest BCUT2D eigenvalue weighted by Gasteiger charge is 2.36. The third kappa shape index (κ3) is 17.3. The average Bonchev–Trinajstić information content (AvgIpc) is 3.22. The molecule has 2 fully saturated rings. The molecule has 1 saturated heterocycles. The van der Waals surface area contributed by atoms with E-state index >= 15 is 0 Å². The SMILES string of the molecule is CCCCC(OC(Cc1ccccc1)C(=O)N1CCC(OCOC)CC1)C(=O)NC(CC1CCCCC1)C(O)CC(C(=O)NCCCNC(=NC)NC#N)C(C)C. The number of piperidine rings is 1. The second kappa shape index (κ2) is 27.0. The van der Waals surface area contributed by atoms with Crippen molar-refractivity contribution in [1.29, 1.82) is 5.26 Å². The molecule has 14 nitrogen and oxygen atoms in total. The van der Waals surface area contributed by atoms with Crippen LogP contribution in [0.25, 0.3) is 0 Å². The van der Waals surface area contributed by atoms with E-state index in [1.54, 1.807) is 14.2 Å². The molecule has 2 aliphatic rings. The van der Waals surface area contributed by atoms with Gasteiger partial charge in [-0.3, -0.25) is 24.7 Å². The van der Waals surface area contributed by atoms with Crippen LogP contribution >= 0.6 is 0 Å². The fraction of sp³-hybridized carbons (Fsp3) is 0.744. The summed E-state index contributed by atoms with van der Waals surface area (Å²) in [7, 11) is 3.17. The Hall–Kier alpha value is -3.77. The van der Waals surface area contributed by atoms with Crippen LogP contribution in [-0.4, -0.2) is 111 Å². The topological polar surface area (TPSA) is 187 Å². The van der Waals surface area contributed by atoms with Crippen molar-refractivity contribution in [3.63, 3.8) is 0 Å². The van der Waals surface area contributed by atoms with Gasteiger partial charge in [0.25, 0.3) is 5.91 Å². The first-order valence-corrected chi connectivity index (χ1v) is 21.3. The summed E-state index contributed by atoms with van der Waals surface area (Å²) in [5.41, 5.74) is 0.944. The standard InChI is InChI=1S/C43H71N7O7/c1-6-7-19-38(57-39(27-33-17-12-9-13-18-33)42(54)50-24-20-34(21-25-50)56-30-55-5)41(53)49-36(26-32-15-10-8-11-16-32)37(51)28-35(31(2)3)40(52)46-22-14-23-47-43(45-4)48-29-44/h9,12-13,17-18,31-32,34-39,51H,6-8,10-11,14-16,19-28,30H2,1-5H3,(H,46,52)(H,49,53)(H2,45,47,48). The molecule has 5 atom stereocenters. The number of carbonyl (C=O) groups is 3. The predicted octanol–water partition coefficient (Wildman–Crippen LogP) is 4.42. The summed E-state index contributed by atoms with van der Waals surface area (Å²) in [6.45, 7) is 8.19. The van der Waals surface area contributed by atoms with Crippen LogP contribution in [0, 0.1) is 29.2 Å². The minimum Gasteiger partial charge on any atom is -0.391 e. The molecule has 1 aromatic carbocycles. The number of nitrogens with zero attached hydrogens (tertiary/aromatic N) is 3. The highest BCUT2D eigenvalue weighted by atomic mass is 16.7. The summed E-state index contributed by atoms with van der Waals surface area (Å²) in [6, 6.07) is 9.15. The van der Waals surface area contributed by atoms with Crippen molar-refractivity contribution in [2.75, 3.05) is 47.1 Å². The minimum atomic E-state index is -0.966. The van der Waals surface area contributed by atoms with Gasteiger partial charge in [0.05, 0.1) is 18.2 Å². The van der Waals surface area contributed by atoms with Crippen LogP contribution < -0.4 is 21.3 Å². The van der Waals surface area contributed by atoms with Gasteiger partial charge in [0, 0.05) is 52.7 Å². The van der Waals surface area contributed by atoms with Gasteiger partial charge < -0.3 is 40.2 Å². The van der Waals surface area contributed by atoms with Gasteiger partial charge in [0.2, 0.25) is 17.8 Å². The Labute approximate surface area is 341 Å². The summed E-state index contributed by atoms with van der Waals surface area (Å²) in [4.78, 5) is 47.8. The van der Waals surface area contributed by atoms with Crippen molar-refractivity contribution in [2.24, 2.45) is 22.7 Å². The van der Waals surface area contributed by atoms with Gasteiger partial charge in [-0.1, -0.05) is 96.0 Å². The van der Waals surface area contributed by atoms with Crippen molar-refractivity contribution >= 4 is 23.7 Å². The number of rotatable bonds is 24. The number of benzene rings is 1. The van der Waals surface area contributed by atoms with E-state index in [1.807, 2.05) is 55.3 Å². The zero-order valence-corrected chi connectivity index (χ0v) is 35.2. The number of amides is 3. The molecule has 1 saturated carbocycles. The predicted molar refractivity (Wildman–Crippen MR) is 221 cm³/mol. The monoisotopic (exact) mass is 798 g/mol. The second-order valence-electron chi connectivity index (χ2n) is 15.9. The van der Waals surface area contributed by atoms with E-state index in [4.69, 9.17) is 19.5 Å². The highest BCUT2D eigenvalue weighted by Crippen LogP contribution is 2.30. The van der Waals surface area contributed by atoms with Crippen LogP contribution in [0.15, 0.2) is 35.3 Å². The first kappa shape index (κ1) is 47.6. The molecular formula is C43H71N7O7. The van der Waals surface area contributed by atoms with Gasteiger partial charge in [0.15, 0.2) is 6.19 Å². The van der Waals surface area contributed by atoms with E-state index < -0.39 is 30.3 Å². The summed E-state index contributed by atoms with van der Waals surface area (Å²) in [5.74, 6) is -0.435. The maximum absolute atomic E-state index is 14.4. The van der Waals surface area contributed by atoms with Gasteiger partial charge in [-0.05, 0) is 55.9 Å². The minimum absolute atomic E-state index is 0.0184. The lowest BCUT2D eigenvalue weighted by atomic mass is 9.81. The molecule has 0 aromatic heterocycles. The molecule has 320 valence electrons. The Kier molecular flexibility index (Phi) is 22.6. The van der Waals surface area contributed by atoms with Gasteiger partial charge in [-0.25, -0.2) is 0 Å². The van der Waals surface area contributed by atoms with E-state index in [-0.39, 0.29) is 43.0 Å². The highest BCUT2D eigenvalue weighted by molar-refractivity contribution is 5.84. The molecule has 5 unspecified atom stereocenters. The molecular weight excluding hydrogens is 727 g/mol. The van der Waals surface area contributed by atoms with Crippen LogP contribution in [0.5, 0.6) is 0 Å². The third-order valence-electron chi connectivity index (χ3n) is 11.2. The Balaban J connectivity index is 1.76. The van der Waals surface area contributed by atoms with Crippen molar-refractivity contribution in [3.8, 4) is 6.19 Å². The quantitative estimate of drug-likeness (QED) is 0.0251. The lowest BCUT2D eigenvalue weighted by molar-refractivity contribution is -0.157. The molecule has 1 aromatic rings. The molecule has 1 heterocycles. The molecule has 3 rings (SSSR count). The Morgan fingerprint density at radius 2 is 1.68 bits per heavy atom. The number of guanidine groups is 1. The second-order valence-corrected chi connectivity index (χ2v) is 15.9. The molecule has 5 N–H and O–H groups in total. The number of carbonyl (C=O) groups excluding carboxylic acids is 3. The lowest BCUT2D eigenvalue weighted by Gasteiger charge is -2.36. The zero-order valence-electron chi connectivity index (χ0n) is 35.2. The number of hydrogen-bond acceptors (Lipinski definition) is 9. The number of nitriles is 1. The molecule has 1 aliphatic heterocycles. The van der Waals surface area contributed by atoms with E-state index in [1.165, 1.54) is 6.42 Å². The largest absolute Gasteiger partial charge is 0.391 e. The Bertz CT molecular complexity index is 1380. The normalized spacial score (nSPS) is 18.2. The molecule has 3 amide bonds. The maximum Gasteiger partial charge on any atom is 0.252 e. The smallest absolute Gasteiger partial charge is 0.252 e. The summed E-state index contributed by atoms with van der Waals surface area (Å²) in [5, 5.41) is 32.4. The Morgan fingerprint density at radius 1 is 0.982 bits per heavy atom. The number of unbranched alkanes of at least 4 members (excludes halogenated alkanes) is 1. The molecule has 1 aliphatic carbocycles. The summed E-state index contributed by atoms with van der Waals surface area (Å²) >= 11 is 0. The van der Waals surface area contributed by atoms with Crippen LogP contribution in [0.2, 0.25) is 0 Å². The molecule has 0 bridgehead atoms. The molecule has 0 radical (unpaired) electrons. The fourth-order valence-corrected chi connectivity index (χ4v) is 7.83. The van der Waals surface area contributed by atoms with Crippen molar-refractivity contribution in [2.45, 2.75) is 141 Å². The fourth-order valence-electron chi connectivity index (χ4n) is 7.83. The number of hydrogen-bond donors (Lipinski definition) is 5. The first-order chi connectivity index (χ1) is 27.6. The number of ether oxygens (including phenoxy) is 3. The summed E-state index contributed by atoms with van der Waals surface area (Å²) in [6.07, 6.45) is 9.74. The third-order valence-corrected chi connectivity index (χ3v) is 11.2. The van der Waals surface area contributed by atoms with Crippen molar-refractivity contribution in [3.05, 3.63) is 35.9 Å². The van der Waals surface area contributed by atoms with Gasteiger partial charge >= 0.3 is 0 Å². The van der Waals surface area contributed by atoms with E-state index in [0.29, 0.717) is 76.6 Å². The van der Waals surface area contributed by atoms with Crippen LogP contribution in [0.3, 0.4) is 0 Å². The van der Waals surface area contributed by atoms with Crippen LogP contribution in [0.4, 0.5) is 0 Å². The molecule has 14 heteroatoms. The molecule has 0 spiro atoms. The van der Waals surface area contributed by atoms with Gasteiger partial charge in [0.1, 0.15) is 19.0 Å². The van der Waals surface area contributed by atoms with Crippen LogP contribution in [-0.2, 0) is 35.0 Å². The number of aliphatic hydroxyl groups excluding tert-OH is 1. The van der Waals surface area contributed by atoms with Crippen molar-refractivity contribution < 1.29 is 33.7 Å². The number of aliphatic hydroxyl groups is 1. The zero-order chi connectivity index (χ0) is 41.4. The number of methoxy groups -OCH3 is 1. The number of likely N-dealkylation sites (tertiary alicyclic amines) is 1. The lowest BCUT2D eigenvalue weighted by Crippen LogP contribution is -2.52.